The van der Waals surface area contributed by atoms with E-state index in [1.807, 2.05) is 12.1 Å². The first-order valence-corrected chi connectivity index (χ1v) is 7.33. The second-order valence-electron chi connectivity index (χ2n) is 5.83. The first-order chi connectivity index (χ1) is 9.48. The van der Waals surface area contributed by atoms with Gasteiger partial charge in [0.1, 0.15) is 5.01 Å². The van der Waals surface area contributed by atoms with E-state index in [2.05, 4.69) is 23.8 Å². The molecule has 0 amide bonds. The molecular formula is C15H16N2O2S. The van der Waals surface area contributed by atoms with E-state index in [4.69, 9.17) is 4.74 Å². The first kappa shape index (κ1) is 13.2. The largest absolute Gasteiger partial charge is 0.481 e. The van der Waals surface area contributed by atoms with Crippen LogP contribution in [0.1, 0.15) is 35.6 Å². The maximum absolute atomic E-state index is 12.2. The van der Waals surface area contributed by atoms with Crippen molar-refractivity contribution in [2.45, 2.75) is 26.7 Å². The lowest BCUT2D eigenvalue weighted by atomic mass is 9.78. The van der Waals surface area contributed by atoms with Crippen molar-refractivity contribution in [3.8, 4) is 16.5 Å². The molecule has 2 aromatic heterocycles. The van der Waals surface area contributed by atoms with Gasteiger partial charge in [0, 0.05) is 24.2 Å². The fourth-order valence-corrected chi connectivity index (χ4v) is 3.48. The zero-order valence-corrected chi connectivity index (χ0v) is 12.6. The molecule has 20 heavy (non-hydrogen) atoms. The smallest absolute Gasteiger partial charge is 0.212 e. The summed E-state index contributed by atoms with van der Waals surface area (Å²) < 4.78 is 5.05. The molecule has 0 N–H and O–H groups in total. The predicted molar refractivity (Wildman–Crippen MR) is 78.3 cm³/mol. The monoisotopic (exact) mass is 288 g/mol. The van der Waals surface area contributed by atoms with Gasteiger partial charge in [-0.25, -0.2) is 9.97 Å². The molecule has 2 aromatic rings. The lowest BCUT2D eigenvalue weighted by molar-refractivity contribution is 0.0916. The van der Waals surface area contributed by atoms with Gasteiger partial charge in [-0.05, 0) is 17.9 Å². The molecule has 5 heteroatoms. The lowest BCUT2D eigenvalue weighted by Crippen LogP contribution is -2.25. The van der Waals surface area contributed by atoms with Crippen molar-refractivity contribution < 1.29 is 9.53 Å². The zero-order chi connectivity index (χ0) is 14.3. The Labute approximate surface area is 121 Å². The Morgan fingerprint density at radius 1 is 1.30 bits per heavy atom. The Balaban J connectivity index is 1.99. The topological polar surface area (TPSA) is 52.1 Å². The normalized spacial score (nSPS) is 16.9. The molecule has 0 aliphatic heterocycles. The summed E-state index contributed by atoms with van der Waals surface area (Å²) in [7, 11) is 1.59. The molecule has 1 aliphatic rings. The molecule has 0 saturated carbocycles. The number of fused-ring (bicyclic) bond motifs is 1. The van der Waals surface area contributed by atoms with Crippen molar-refractivity contribution in [1.29, 1.82) is 0 Å². The molecule has 2 heterocycles. The average Bonchev–Trinajstić information content (AvgIpc) is 2.81. The number of nitrogens with zero attached hydrogens (tertiary/aromatic N) is 2. The molecule has 0 saturated heterocycles. The van der Waals surface area contributed by atoms with E-state index in [0.717, 1.165) is 27.6 Å². The van der Waals surface area contributed by atoms with Gasteiger partial charge in [-0.15, -0.1) is 11.3 Å². The van der Waals surface area contributed by atoms with Crippen LogP contribution in [0.4, 0.5) is 0 Å². The van der Waals surface area contributed by atoms with Crippen LogP contribution >= 0.6 is 11.3 Å². The van der Waals surface area contributed by atoms with Crippen molar-refractivity contribution in [1.82, 2.24) is 9.97 Å². The number of aromatic nitrogens is 2. The molecule has 104 valence electrons. The summed E-state index contributed by atoms with van der Waals surface area (Å²) in [6, 6.07) is 3.73. The Kier molecular flexibility index (Phi) is 3.09. The fraction of sp³-hybridized carbons (Fsp3) is 0.400. The second kappa shape index (κ2) is 4.66. The third-order valence-corrected chi connectivity index (χ3v) is 4.62. The summed E-state index contributed by atoms with van der Waals surface area (Å²) in [4.78, 5) is 21.8. The van der Waals surface area contributed by atoms with E-state index in [0.29, 0.717) is 12.3 Å². The molecule has 0 aromatic carbocycles. The van der Waals surface area contributed by atoms with Crippen LogP contribution in [0.15, 0.2) is 18.3 Å². The van der Waals surface area contributed by atoms with Crippen LogP contribution in [0, 0.1) is 5.41 Å². The Morgan fingerprint density at radius 2 is 2.10 bits per heavy atom. The number of ether oxygens (including phenoxy) is 1. The number of methoxy groups -OCH3 is 1. The van der Waals surface area contributed by atoms with Gasteiger partial charge >= 0.3 is 0 Å². The first-order valence-electron chi connectivity index (χ1n) is 6.52. The van der Waals surface area contributed by atoms with Gasteiger partial charge in [0.15, 0.2) is 5.78 Å². The molecule has 0 unspecified atom stereocenters. The van der Waals surface area contributed by atoms with E-state index in [1.54, 1.807) is 13.3 Å². The van der Waals surface area contributed by atoms with Crippen LogP contribution in [0.3, 0.4) is 0 Å². The van der Waals surface area contributed by atoms with Gasteiger partial charge < -0.3 is 4.74 Å². The number of carbonyl (C=O) groups is 1. The number of thiazole rings is 1. The summed E-state index contributed by atoms with van der Waals surface area (Å²) in [5, 5.41) is 0.858. The number of hydrogen-bond acceptors (Lipinski definition) is 5. The predicted octanol–water partition coefficient (Wildman–Crippen LogP) is 3.37. The quantitative estimate of drug-likeness (QED) is 0.850. The number of Topliss-reactive ketones (excluding diaryl/α,β-unsaturated/α-hetero) is 1. The van der Waals surface area contributed by atoms with Crippen LogP contribution in [-0.2, 0) is 6.42 Å². The molecule has 4 nitrogen and oxygen atoms in total. The fourth-order valence-electron chi connectivity index (χ4n) is 2.47. The van der Waals surface area contributed by atoms with Gasteiger partial charge in [0.05, 0.1) is 17.7 Å². The molecule has 0 atom stereocenters. The second-order valence-corrected chi connectivity index (χ2v) is 6.82. The van der Waals surface area contributed by atoms with Crippen molar-refractivity contribution in [2.24, 2.45) is 5.41 Å². The van der Waals surface area contributed by atoms with Crippen LogP contribution in [0.2, 0.25) is 0 Å². The highest BCUT2D eigenvalue weighted by Gasteiger charge is 2.33. The van der Waals surface area contributed by atoms with E-state index >= 15 is 0 Å². The molecule has 0 radical (unpaired) electrons. The minimum atomic E-state index is 0.00752. The van der Waals surface area contributed by atoms with E-state index < -0.39 is 0 Å². The number of ketones is 1. The van der Waals surface area contributed by atoms with Crippen LogP contribution in [0.5, 0.6) is 5.88 Å². The summed E-state index contributed by atoms with van der Waals surface area (Å²) in [6.45, 7) is 4.23. The summed E-state index contributed by atoms with van der Waals surface area (Å²) in [5.41, 5.74) is 1.87. The van der Waals surface area contributed by atoms with Gasteiger partial charge in [-0.1, -0.05) is 13.8 Å². The Hall–Kier alpha value is -1.75. The lowest BCUT2D eigenvalue weighted by Gasteiger charge is -2.26. The molecule has 0 bridgehead atoms. The molecule has 0 spiro atoms. The van der Waals surface area contributed by atoms with Gasteiger partial charge in [-0.3, -0.25) is 4.79 Å². The highest BCUT2D eigenvalue weighted by atomic mass is 32.1. The minimum absolute atomic E-state index is 0.00752. The summed E-state index contributed by atoms with van der Waals surface area (Å²) in [5.74, 6) is 0.786. The molecular weight excluding hydrogens is 272 g/mol. The minimum Gasteiger partial charge on any atom is -0.481 e. The number of hydrogen-bond donors (Lipinski definition) is 0. The molecule has 3 rings (SSSR count). The highest BCUT2D eigenvalue weighted by molar-refractivity contribution is 7.17. The Morgan fingerprint density at radius 3 is 2.75 bits per heavy atom. The van der Waals surface area contributed by atoms with E-state index in [1.165, 1.54) is 11.3 Å². The highest BCUT2D eigenvalue weighted by Crippen LogP contribution is 2.39. The molecule has 1 aliphatic carbocycles. The summed E-state index contributed by atoms with van der Waals surface area (Å²) >= 11 is 1.47. The Bertz CT molecular complexity index is 659. The number of carbonyl (C=O) groups excluding carboxylic acids is 1. The van der Waals surface area contributed by atoms with Crippen LogP contribution < -0.4 is 4.74 Å². The van der Waals surface area contributed by atoms with Crippen LogP contribution in [0.25, 0.3) is 10.6 Å². The third kappa shape index (κ3) is 2.33. The van der Waals surface area contributed by atoms with E-state index in [9.17, 15) is 4.79 Å². The van der Waals surface area contributed by atoms with Gasteiger partial charge in [0.25, 0.3) is 0 Å². The maximum Gasteiger partial charge on any atom is 0.212 e. The van der Waals surface area contributed by atoms with Crippen molar-refractivity contribution in [3.05, 3.63) is 28.9 Å². The van der Waals surface area contributed by atoms with Crippen molar-refractivity contribution in [2.75, 3.05) is 7.11 Å². The van der Waals surface area contributed by atoms with Crippen molar-refractivity contribution in [3.63, 3.8) is 0 Å². The number of rotatable bonds is 2. The zero-order valence-electron chi connectivity index (χ0n) is 11.8. The molecule has 0 fully saturated rings. The standard InChI is InChI=1S/C15H16N2O2S/c1-15(2)6-10-13(11(18)7-15)20-14(17-10)9-4-5-12(19-3)16-8-9/h4-5,8H,6-7H2,1-3H3. The summed E-state index contributed by atoms with van der Waals surface area (Å²) in [6.07, 6.45) is 3.19. The van der Waals surface area contributed by atoms with Crippen molar-refractivity contribution >= 4 is 17.1 Å². The maximum atomic E-state index is 12.2. The van der Waals surface area contributed by atoms with E-state index in [-0.39, 0.29) is 11.2 Å². The van der Waals surface area contributed by atoms with Crippen LogP contribution in [-0.4, -0.2) is 22.9 Å². The third-order valence-electron chi connectivity index (χ3n) is 3.43. The average molecular weight is 288 g/mol. The van der Waals surface area contributed by atoms with Gasteiger partial charge in [0.2, 0.25) is 5.88 Å². The SMILES string of the molecule is COc1ccc(-c2nc3c(s2)C(=O)CC(C)(C)C3)cn1. The number of pyridine rings is 1. The van der Waals surface area contributed by atoms with Gasteiger partial charge in [-0.2, -0.15) is 0 Å².